The first-order valence-corrected chi connectivity index (χ1v) is 7.48. The number of carbonyl (C=O) groups excluding carboxylic acids is 1. The normalized spacial score (nSPS) is 43.4. The molecule has 96 valence electrons. The zero-order valence-electron chi connectivity index (χ0n) is 10.7. The molecule has 4 fully saturated rings. The zero-order valence-corrected chi connectivity index (χ0v) is 10.7. The summed E-state index contributed by atoms with van der Waals surface area (Å²) in [6.07, 6.45) is 6.96. The molecule has 0 aromatic heterocycles. The molecule has 0 radical (unpaired) electrons. The lowest BCUT2D eigenvalue weighted by molar-refractivity contribution is -0.134. The Morgan fingerprint density at radius 1 is 1.17 bits per heavy atom. The Bertz CT molecular complexity index is 407. The minimum absolute atomic E-state index is 0.357. The van der Waals surface area contributed by atoms with Crippen molar-refractivity contribution in [2.75, 3.05) is 6.54 Å². The van der Waals surface area contributed by atoms with Crippen LogP contribution >= 0.6 is 0 Å². The molecule has 4 saturated carbocycles. The highest BCUT2D eigenvalue weighted by Gasteiger charge is 2.68. The second-order valence-corrected chi connectivity index (χ2v) is 6.68. The summed E-state index contributed by atoms with van der Waals surface area (Å²) in [5.41, 5.74) is 0. The lowest BCUT2D eigenvalue weighted by atomic mass is 10.0. The first-order chi connectivity index (χ1) is 8.81. The molecule has 0 spiro atoms. The van der Waals surface area contributed by atoms with Crippen LogP contribution in [0, 0.1) is 40.9 Å². The van der Waals surface area contributed by atoms with E-state index in [4.69, 9.17) is 5.26 Å². The number of fused-ring (bicyclic) bond motifs is 5. The molecular weight excluding hydrogens is 224 g/mol. The Morgan fingerprint density at radius 3 is 2.39 bits per heavy atom. The van der Waals surface area contributed by atoms with Crippen molar-refractivity contribution < 1.29 is 4.79 Å². The highest BCUT2D eigenvalue weighted by atomic mass is 16.2. The minimum Gasteiger partial charge on any atom is -0.338 e. The van der Waals surface area contributed by atoms with Gasteiger partial charge in [0.2, 0.25) is 5.91 Å². The molecule has 0 saturated heterocycles. The topological polar surface area (TPSA) is 44.1 Å². The molecule has 4 aliphatic rings. The maximum absolute atomic E-state index is 12.6. The summed E-state index contributed by atoms with van der Waals surface area (Å²) < 4.78 is 0. The van der Waals surface area contributed by atoms with E-state index in [9.17, 15) is 4.79 Å². The van der Waals surface area contributed by atoms with Crippen molar-refractivity contribution in [1.82, 2.24) is 4.90 Å². The number of amides is 1. The molecule has 0 N–H and O–H groups in total. The van der Waals surface area contributed by atoms with Gasteiger partial charge in [0.05, 0.1) is 12.5 Å². The lowest BCUT2D eigenvalue weighted by Crippen LogP contribution is -2.36. The van der Waals surface area contributed by atoms with E-state index in [1.165, 1.54) is 19.3 Å². The van der Waals surface area contributed by atoms with E-state index in [0.29, 0.717) is 30.8 Å². The highest BCUT2D eigenvalue weighted by Crippen LogP contribution is 2.69. The molecule has 1 amide bonds. The van der Waals surface area contributed by atoms with Crippen molar-refractivity contribution in [2.24, 2.45) is 29.6 Å². The zero-order chi connectivity index (χ0) is 12.3. The number of rotatable bonds is 4. The Balaban J connectivity index is 1.45. The van der Waals surface area contributed by atoms with Gasteiger partial charge >= 0.3 is 0 Å². The summed E-state index contributed by atoms with van der Waals surface area (Å²) >= 11 is 0. The first kappa shape index (κ1) is 10.8. The summed E-state index contributed by atoms with van der Waals surface area (Å²) in [6.45, 7) is 0.672. The summed E-state index contributed by atoms with van der Waals surface area (Å²) in [5.74, 6) is 3.96. The van der Waals surface area contributed by atoms with E-state index in [1.807, 2.05) is 4.90 Å². The Kier molecular flexibility index (Phi) is 2.24. The van der Waals surface area contributed by atoms with Crippen LogP contribution in [-0.2, 0) is 4.79 Å². The molecule has 4 unspecified atom stereocenters. The number of hydrogen-bond acceptors (Lipinski definition) is 2. The van der Waals surface area contributed by atoms with Crippen LogP contribution in [0.5, 0.6) is 0 Å². The van der Waals surface area contributed by atoms with Crippen molar-refractivity contribution in [1.29, 1.82) is 5.26 Å². The van der Waals surface area contributed by atoms with Gasteiger partial charge in [-0.1, -0.05) is 0 Å². The fraction of sp³-hybridized carbons (Fsp3) is 0.867. The van der Waals surface area contributed by atoms with Gasteiger partial charge in [-0.3, -0.25) is 4.79 Å². The molecular formula is C15H20N2O. The van der Waals surface area contributed by atoms with Gasteiger partial charge < -0.3 is 4.90 Å². The number of nitriles is 1. The smallest absolute Gasteiger partial charge is 0.226 e. The number of nitrogens with zero attached hydrogens (tertiary/aromatic N) is 2. The molecule has 18 heavy (non-hydrogen) atoms. The number of carbonyl (C=O) groups is 1. The summed E-state index contributed by atoms with van der Waals surface area (Å²) in [5, 5.41) is 8.72. The van der Waals surface area contributed by atoms with E-state index >= 15 is 0 Å². The first-order valence-electron chi connectivity index (χ1n) is 7.48. The van der Waals surface area contributed by atoms with Crippen molar-refractivity contribution >= 4 is 5.91 Å². The Morgan fingerprint density at radius 2 is 1.83 bits per heavy atom. The van der Waals surface area contributed by atoms with Gasteiger partial charge in [-0.2, -0.15) is 5.26 Å². The molecule has 0 heterocycles. The molecule has 4 atom stereocenters. The van der Waals surface area contributed by atoms with Crippen LogP contribution in [-0.4, -0.2) is 23.4 Å². The Labute approximate surface area is 108 Å². The van der Waals surface area contributed by atoms with Crippen LogP contribution < -0.4 is 0 Å². The molecule has 0 aromatic carbocycles. The van der Waals surface area contributed by atoms with E-state index in [1.54, 1.807) is 0 Å². The van der Waals surface area contributed by atoms with Gasteiger partial charge in [-0.05, 0) is 55.8 Å². The van der Waals surface area contributed by atoms with Gasteiger partial charge in [0.25, 0.3) is 0 Å². The van der Waals surface area contributed by atoms with Gasteiger partial charge in [0.1, 0.15) is 0 Å². The van der Waals surface area contributed by atoms with E-state index < -0.39 is 0 Å². The van der Waals surface area contributed by atoms with E-state index in [2.05, 4.69) is 6.07 Å². The third-order valence-electron chi connectivity index (χ3n) is 5.76. The van der Waals surface area contributed by atoms with Gasteiger partial charge in [0.15, 0.2) is 0 Å². The van der Waals surface area contributed by atoms with E-state index in [0.717, 1.165) is 36.5 Å². The fourth-order valence-electron chi connectivity index (χ4n) is 4.88. The van der Waals surface area contributed by atoms with Crippen LogP contribution in [0.25, 0.3) is 0 Å². The SMILES string of the molecule is N#CCCN(C(=O)C1C2C3CCC(C3)C12)C1CC1. The largest absolute Gasteiger partial charge is 0.338 e. The van der Waals surface area contributed by atoms with E-state index in [-0.39, 0.29) is 0 Å². The molecule has 0 aliphatic heterocycles. The van der Waals surface area contributed by atoms with Crippen molar-refractivity contribution in [3.05, 3.63) is 0 Å². The predicted octanol–water partition coefficient (Wildman–Crippen LogP) is 2.18. The molecule has 4 aliphatic carbocycles. The maximum Gasteiger partial charge on any atom is 0.226 e. The molecule has 0 aromatic rings. The van der Waals surface area contributed by atoms with Crippen LogP contribution in [0.3, 0.4) is 0 Å². The predicted molar refractivity (Wildman–Crippen MR) is 66.3 cm³/mol. The maximum atomic E-state index is 12.6. The average Bonchev–Trinajstić information content (AvgIpc) is 3.28. The molecule has 2 bridgehead atoms. The Hall–Kier alpha value is -1.04. The van der Waals surface area contributed by atoms with Crippen molar-refractivity contribution in [3.63, 3.8) is 0 Å². The standard InChI is InChI=1S/C15H20N2O/c16-6-1-7-17(11-4-5-11)15(18)14-12-9-2-3-10(8-9)13(12)14/h9-14H,1-5,7-8H2. The fourth-order valence-corrected chi connectivity index (χ4v) is 4.88. The molecule has 3 heteroatoms. The van der Waals surface area contributed by atoms with Gasteiger partial charge in [0, 0.05) is 18.5 Å². The van der Waals surface area contributed by atoms with Crippen molar-refractivity contribution in [3.8, 4) is 6.07 Å². The summed E-state index contributed by atoms with van der Waals surface area (Å²) in [6, 6.07) is 2.66. The third-order valence-corrected chi connectivity index (χ3v) is 5.76. The second kappa shape index (κ2) is 3.73. The van der Waals surface area contributed by atoms with Crippen LogP contribution in [0.2, 0.25) is 0 Å². The van der Waals surface area contributed by atoms with Crippen LogP contribution in [0.4, 0.5) is 0 Å². The average molecular weight is 244 g/mol. The monoisotopic (exact) mass is 244 g/mol. The molecule has 4 rings (SSSR count). The van der Waals surface area contributed by atoms with Crippen LogP contribution in [0.1, 0.15) is 38.5 Å². The molecule has 3 nitrogen and oxygen atoms in total. The van der Waals surface area contributed by atoms with Crippen LogP contribution in [0.15, 0.2) is 0 Å². The van der Waals surface area contributed by atoms with Gasteiger partial charge in [-0.15, -0.1) is 0 Å². The quantitative estimate of drug-likeness (QED) is 0.761. The van der Waals surface area contributed by atoms with Gasteiger partial charge in [-0.25, -0.2) is 0 Å². The van der Waals surface area contributed by atoms with Crippen molar-refractivity contribution in [2.45, 2.75) is 44.6 Å². The lowest BCUT2D eigenvalue weighted by Gasteiger charge is -2.22. The summed E-state index contributed by atoms with van der Waals surface area (Å²) in [4.78, 5) is 14.7. The number of hydrogen-bond donors (Lipinski definition) is 0. The minimum atomic E-state index is 0.357. The second-order valence-electron chi connectivity index (χ2n) is 6.68. The summed E-state index contributed by atoms with van der Waals surface area (Å²) in [7, 11) is 0. The highest BCUT2D eigenvalue weighted by molar-refractivity contribution is 5.83. The third kappa shape index (κ3) is 1.44.